The highest BCUT2D eigenvalue weighted by Gasteiger charge is 2.04. The van der Waals surface area contributed by atoms with Crippen LogP contribution in [0.25, 0.3) is 5.69 Å². The van der Waals surface area contributed by atoms with Gasteiger partial charge in [-0.25, -0.2) is 4.39 Å². The first-order valence-electron chi connectivity index (χ1n) is 6.60. The predicted molar refractivity (Wildman–Crippen MR) is 76.3 cm³/mol. The summed E-state index contributed by atoms with van der Waals surface area (Å²) in [5.74, 6) is -0.313. The van der Waals surface area contributed by atoms with E-state index in [-0.39, 0.29) is 5.82 Å². The molecule has 1 aromatic heterocycles. The van der Waals surface area contributed by atoms with Crippen LogP contribution in [0.15, 0.2) is 60.8 Å². The molecule has 106 valence electrons. The van der Waals surface area contributed by atoms with Crippen LogP contribution < -0.4 is 0 Å². The number of hydrogen-bond donors (Lipinski definition) is 0. The Hall–Kier alpha value is -2.53. The molecule has 1 heterocycles. The molecule has 0 saturated carbocycles. The Morgan fingerprint density at radius 1 is 1.00 bits per heavy atom. The van der Waals surface area contributed by atoms with E-state index in [0.29, 0.717) is 24.6 Å². The lowest BCUT2D eigenvalue weighted by Crippen LogP contribution is -2.00. The van der Waals surface area contributed by atoms with Crippen LogP contribution in [0, 0.1) is 5.82 Å². The third-order valence-electron chi connectivity index (χ3n) is 2.94. The summed E-state index contributed by atoms with van der Waals surface area (Å²) in [5.41, 5.74) is 2.40. The summed E-state index contributed by atoms with van der Waals surface area (Å²) in [6.07, 6.45) is 1.62. The normalized spacial score (nSPS) is 10.7. The van der Waals surface area contributed by atoms with Gasteiger partial charge in [0.1, 0.15) is 11.5 Å². The van der Waals surface area contributed by atoms with Gasteiger partial charge in [0, 0.05) is 6.07 Å². The second-order valence-electron chi connectivity index (χ2n) is 4.58. The van der Waals surface area contributed by atoms with E-state index in [0.717, 1.165) is 5.56 Å². The van der Waals surface area contributed by atoms with Crippen LogP contribution in [0.4, 0.5) is 4.39 Å². The molecule has 2 aromatic carbocycles. The molecule has 4 nitrogen and oxygen atoms in total. The minimum absolute atomic E-state index is 0.313. The predicted octanol–water partition coefficient (Wildman–Crippen LogP) is 3.12. The molecule has 3 rings (SSSR count). The molecule has 0 spiro atoms. The van der Waals surface area contributed by atoms with Gasteiger partial charge in [-0.2, -0.15) is 15.0 Å². The van der Waals surface area contributed by atoms with Gasteiger partial charge in [0.2, 0.25) is 0 Å². The maximum Gasteiger partial charge on any atom is 0.125 e. The first-order valence-corrected chi connectivity index (χ1v) is 6.60. The molecule has 0 bridgehead atoms. The second-order valence-corrected chi connectivity index (χ2v) is 4.58. The molecule has 0 saturated heterocycles. The third kappa shape index (κ3) is 3.52. The fraction of sp³-hybridized carbons (Fsp3) is 0.125. The Morgan fingerprint density at radius 3 is 2.67 bits per heavy atom. The number of ether oxygens (including phenoxy) is 1. The molecular weight excluding hydrogens is 269 g/mol. The Labute approximate surface area is 121 Å². The molecular formula is C16H14FN3O. The van der Waals surface area contributed by atoms with Crippen LogP contribution in [0.3, 0.4) is 0 Å². The van der Waals surface area contributed by atoms with Crippen LogP contribution in [0.2, 0.25) is 0 Å². The molecule has 0 radical (unpaired) electrons. The van der Waals surface area contributed by atoms with Crippen LogP contribution in [0.5, 0.6) is 0 Å². The summed E-state index contributed by atoms with van der Waals surface area (Å²) in [7, 11) is 0. The van der Waals surface area contributed by atoms with Gasteiger partial charge in [-0.05, 0) is 17.7 Å². The van der Waals surface area contributed by atoms with Crippen molar-refractivity contribution in [2.75, 3.05) is 0 Å². The molecule has 0 aliphatic rings. The molecule has 0 atom stereocenters. The summed E-state index contributed by atoms with van der Waals surface area (Å²) in [6.45, 7) is 0.887. The van der Waals surface area contributed by atoms with E-state index in [2.05, 4.69) is 10.2 Å². The number of hydrogen-bond acceptors (Lipinski definition) is 3. The van der Waals surface area contributed by atoms with Crippen molar-refractivity contribution in [3.63, 3.8) is 0 Å². The standard InChI is InChI=1S/C16H14FN3O/c17-14-7-4-8-16(9-14)20-18-10-15(19-20)12-21-11-13-5-2-1-3-6-13/h1-10H,11-12H2. The van der Waals surface area contributed by atoms with Crippen molar-refractivity contribution in [2.45, 2.75) is 13.2 Å². The largest absolute Gasteiger partial charge is 0.370 e. The van der Waals surface area contributed by atoms with Crippen LogP contribution >= 0.6 is 0 Å². The highest BCUT2D eigenvalue weighted by Crippen LogP contribution is 2.09. The van der Waals surface area contributed by atoms with Gasteiger partial charge in [0.25, 0.3) is 0 Å². The molecule has 0 fully saturated rings. The summed E-state index contributed by atoms with van der Waals surface area (Å²) in [5, 5.41) is 8.38. The molecule has 3 aromatic rings. The Bertz CT molecular complexity index is 712. The van der Waals surface area contributed by atoms with Crippen molar-refractivity contribution in [1.82, 2.24) is 15.0 Å². The van der Waals surface area contributed by atoms with Crippen molar-refractivity contribution in [2.24, 2.45) is 0 Å². The summed E-state index contributed by atoms with van der Waals surface area (Å²) in [6, 6.07) is 16.1. The van der Waals surface area contributed by atoms with E-state index in [1.54, 1.807) is 18.3 Å². The lowest BCUT2D eigenvalue weighted by Gasteiger charge is -2.02. The smallest absolute Gasteiger partial charge is 0.125 e. The van der Waals surface area contributed by atoms with Crippen LogP contribution in [0.1, 0.15) is 11.3 Å². The van der Waals surface area contributed by atoms with E-state index in [4.69, 9.17) is 4.74 Å². The lowest BCUT2D eigenvalue weighted by atomic mass is 10.2. The topological polar surface area (TPSA) is 39.9 Å². The SMILES string of the molecule is Fc1cccc(-n2ncc(COCc3ccccc3)n2)c1. The zero-order chi connectivity index (χ0) is 14.5. The number of aromatic nitrogens is 3. The van der Waals surface area contributed by atoms with E-state index in [1.165, 1.54) is 16.9 Å². The van der Waals surface area contributed by atoms with Crippen molar-refractivity contribution < 1.29 is 9.13 Å². The first kappa shape index (κ1) is 13.5. The lowest BCUT2D eigenvalue weighted by molar-refractivity contribution is 0.104. The van der Waals surface area contributed by atoms with Crippen LogP contribution in [-0.4, -0.2) is 15.0 Å². The minimum atomic E-state index is -0.313. The number of rotatable bonds is 5. The first-order chi connectivity index (χ1) is 10.3. The van der Waals surface area contributed by atoms with Gasteiger partial charge in [-0.1, -0.05) is 36.4 Å². The van der Waals surface area contributed by atoms with E-state index in [1.807, 2.05) is 30.3 Å². The highest BCUT2D eigenvalue weighted by molar-refractivity contribution is 5.29. The summed E-state index contributed by atoms with van der Waals surface area (Å²) in [4.78, 5) is 1.39. The quantitative estimate of drug-likeness (QED) is 0.722. The number of benzene rings is 2. The number of nitrogens with zero attached hydrogens (tertiary/aromatic N) is 3. The molecule has 0 aliphatic carbocycles. The highest BCUT2D eigenvalue weighted by atomic mass is 19.1. The van der Waals surface area contributed by atoms with Crippen molar-refractivity contribution in [3.8, 4) is 5.69 Å². The second kappa shape index (κ2) is 6.28. The maximum absolute atomic E-state index is 13.2. The molecule has 0 aliphatic heterocycles. The Kier molecular flexibility index (Phi) is 4.02. The van der Waals surface area contributed by atoms with Crippen molar-refractivity contribution >= 4 is 0 Å². The molecule has 0 amide bonds. The van der Waals surface area contributed by atoms with Crippen LogP contribution in [-0.2, 0) is 18.0 Å². The Balaban J connectivity index is 1.60. The van der Waals surface area contributed by atoms with Gasteiger partial charge in [-0.15, -0.1) is 0 Å². The number of halogens is 1. The average Bonchev–Trinajstić information content (AvgIpc) is 2.97. The molecule has 0 N–H and O–H groups in total. The minimum Gasteiger partial charge on any atom is -0.370 e. The van der Waals surface area contributed by atoms with Crippen molar-refractivity contribution in [1.29, 1.82) is 0 Å². The van der Waals surface area contributed by atoms with Gasteiger partial charge in [-0.3, -0.25) is 0 Å². The van der Waals surface area contributed by atoms with Gasteiger partial charge < -0.3 is 4.74 Å². The summed E-state index contributed by atoms with van der Waals surface area (Å²) < 4.78 is 18.7. The average molecular weight is 283 g/mol. The zero-order valence-electron chi connectivity index (χ0n) is 11.3. The fourth-order valence-electron chi connectivity index (χ4n) is 1.93. The fourth-order valence-corrected chi connectivity index (χ4v) is 1.93. The third-order valence-corrected chi connectivity index (χ3v) is 2.94. The monoisotopic (exact) mass is 283 g/mol. The molecule has 5 heteroatoms. The van der Waals surface area contributed by atoms with Gasteiger partial charge >= 0.3 is 0 Å². The van der Waals surface area contributed by atoms with E-state index >= 15 is 0 Å². The zero-order valence-corrected chi connectivity index (χ0v) is 11.3. The van der Waals surface area contributed by atoms with Gasteiger partial charge in [0.15, 0.2) is 0 Å². The van der Waals surface area contributed by atoms with E-state index < -0.39 is 0 Å². The van der Waals surface area contributed by atoms with Crippen molar-refractivity contribution in [3.05, 3.63) is 77.9 Å². The maximum atomic E-state index is 13.2. The van der Waals surface area contributed by atoms with E-state index in [9.17, 15) is 4.39 Å². The van der Waals surface area contributed by atoms with Gasteiger partial charge in [0.05, 0.1) is 25.1 Å². The summed E-state index contributed by atoms with van der Waals surface area (Å²) >= 11 is 0. The molecule has 0 unspecified atom stereocenters. The Morgan fingerprint density at radius 2 is 1.86 bits per heavy atom. The molecule has 21 heavy (non-hydrogen) atoms.